The largest absolute Gasteiger partial charge is 4.00 e. The summed E-state index contributed by atoms with van der Waals surface area (Å²) in [5.74, 6) is 0. The third-order valence-electron chi connectivity index (χ3n) is 0. The first-order valence-electron chi connectivity index (χ1n) is 2.19. The molecule has 0 N–H and O–H groups in total. The molecule has 0 atom stereocenters. The van der Waals surface area contributed by atoms with Crippen molar-refractivity contribution in [3.63, 3.8) is 0 Å². The van der Waals surface area contributed by atoms with Crippen molar-refractivity contribution in [3.05, 3.63) is 61.3 Å². The molecule has 0 radical (unpaired) electrons. The van der Waals surface area contributed by atoms with Crippen LogP contribution in [0.2, 0.25) is 0 Å². The average Bonchev–Trinajstić information content (AvgIpc) is 1.76. The summed E-state index contributed by atoms with van der Waals surface area (Å²) < 4.78 is 0. The van der Waals surface area contributed by atoms with Crippen molar-refractivity contribution in [1.82, 2.24) is 0 Å². The summed E-state index contributed by atoms with van der Waals surface area (Å²) in [5, 5.41) is 59.0. The van der Waals surface area contributed by atoms with Gasteiger partial charge in [0.15, 0.2) is 0 Å². The van der Waals surface area contributed by atoms with Crippen LogP contribution in [-0.2, 0) is 26.2 Å². The minimum atomic E-state index is -1.75. The number of hydrogen-bond donors (Lipinski definition) is 0. The van der Waals surface area contributed by atoms with Gasteiger partial charge in [0.25, 0.3) is 0 Å². The zero-order valence-corrected chi connectivity index (χ0v) is 9.65. The Morgan fingerprint density at radius 1 is 0.474 bits per heavy atom. The summed E-state index contributed by atoms with van der Waals surface area (Å²) in [6, 6.07) is 0. The molecule has 0 amide bonds. The van der Waals surface area contributed by atoms with E-state index in [1.165, 1.54) is 0 Å². The first kappa shape index (κ1) is 42.8. The van der Waals surface area contributed by atoms with E-state index in [0.29, 0.717) is 0 Å². The van der Waals surface area contributed by atoms with Crippen molar-refractivity contribution in [2.45, 2.75) is 0 Å². The molecule has 0 unspecified atom stereocenters. The second kappa shape index (κ2) is 36.1. The second-order valence-electron chi connectivity index (χ2n) is 0.894. The standard InChI is InChI=1S/Ca.Mg.4NO3.Zr.4H/c;;4*2-1(3)4;;;;;/q;;4*-1;+4;;;;. The summed E-state index contributed by atoms with van der Waals surface area (Å²) in [4.78, 5) is 33.0. The minimum Gasteiger partial charge on any atom is 0.316 e. The van der Waals surface area contributed by atoms with Crippen LogP contribution < -0.4 is 0 Å². The van der Waals surface area contributed by atoms with Gasteiger partial charge < -0.3 is 61.3 Å². The predicted octanol–water partition coefficient (Wildman–Crippen LogP) is -2.79. The molecule has 0 saturated carbocycles. The quantitative estimate of drug-likeness (QED) is 0.224. The third kappa shape index (κ3) is 51600. The molecular formula is H4CaMgN4O12Zr. The van der Waals surface area contributed by atoms with Crippen LogP contribution in [0.3, 0.4) is 0 Å². The van der Waals surface area contributed by atoms with Crippen LogP contribution in [-0.4, -0.2) is 81.1 Å². The third-order valence-corrected chi connectivity index (χ3v) is 0. The van der Waals surface area contributed by atoms with Gasteiger partial charge in [-0.25, -0.2) is 0 Å². The molecule has 0 fully saturated rings. The number of rotatable bonds is 0. The molecule has 19 heavy (non-hydrogen) atoms. The van der Waals surface area contributed by atoms with Gasteiger partial charge in [-0.05, 0) is 0 Å². The Balaban J connectivity index is -0.0000000192. The van der Waals surface area contributed by atoms with Gasteiger partial charge in [-0.15, -0.1) is 0 Å². The second-order valence-corrected chi connectivity index (χ2v) is 0.894. The van der Waals surface area contributed by atoms with Crippen molar-refractivity contribution in [2.24, 2.45) is 0 Å². The van der Waals surface area contributed by atoms with E-state index in [1.54, 1.807) is 0 Å². The molecule has 0 aliphatic rings. The first-order chi connectivity index (χ1) is 6.93. The van der Waals surface area contributed by atoms with E-state index in [0.717, 1.165) is 0 Å². The molecule has 0 heterocycles. The fraction of sp³-hybridized carbons (Fsp3) is 0. The molecule has 0 rings (SSSR count). The van der Waals surface area contributed by atoms with Gasteiger partial charge in [0.2, 0.25) is 0 Å². The topological polar surface area (TPSA) is 265 Å². The SMILES string of the molecule is O=[N+]([O-])[O-].O=[N+]([O-])[O-].O=[N+]([O-])[O-].O=[N+]([O-])[O-].[CaH2].[MgH2].[Zr+4]. The number of nitrogens with zero attached hydrogens (tertiary/aromatic N) is 4. The van der Waals surface area contributed by atoms with Crippen molar-refractivity contribution in [2.75, 3.05) is 0 Å². The Morgan fingerprint density at radius 3 is 0.474 bits per heavy atom. The first-order valence-corrected chi connectivity index (χ1v) is 2.19. The molecule has 104 valence electrons. The zero-order valence-electron chi connectivity index (χ0n) is 7.19. The molecule has 0 aliphatic carbocycles. The molecule has 19 heteroatoms. The maximum absolute atomic E-state index is 8.25. The zero-order chi connectivity index (χ0) is 14.3. The molecule has 0 aromatic rings. The van der Waals surface area contributed by atoms with E-state index in [1.807, 2.05) is 0 Å². The van der Waals surface area contributed by atoms with Crippen molar-refractivity contribution < 1.29 is 46.5 Å². The molecular weight excluding hydrogens is 404 g/mol. The fourth-order valence-electron chi connectivity index (χ4n) is 0. The van der Waals surface area contributed by atoms with Crippen LogP contribution in [0.4, 0.5) is 0 Å². The van der Waals surface area contributed by atoms with Crippen molar-refractivity contribution in [3.8, 4) is 0 Å². The summed E-state index contributed by atoms with van der Waals surface area (Å²) >= 11 is 0. The molecule has 0 aliphatic heterocycles. The normalized spacial score (nSPS) is 5.05. The van der Waals surface area contributed by atoms with E-state index in [4.69, 9.17) is 61.3 Å². The Kier molecular flexibility index (Phi) is 81.2. The molecule has 0 spiro atoms. The van der Waals surface area contributed by atoms with Gasteiger partial charge in [0.1, 0.15) is 0 Å². The monoisotopic (exact) mass is 406 g/mol. The Bertz CT molecular complexity index is 170. The Hall–Kier alpha value is -0.291. The summed E-state index contributed by atoms with van der Waals surface area (Å²) in [5.41, 5.74) is 0. The molecule has 0 aromatic carbocycles. The maximum Gasteiger partial charge on any atom is 4.00 e. The van der Waals surface area contributed by atoms with Crippen LogP contribution in [0, 0.1) is 61.3 Å². The van der Waals surface area contributed by atoms with E-state index in [-0.39, 0.29) is 87.0 Å². The molecule has 0 aromatic heterocycles. The van der Waals surface area contributed by atoms with Gasteiger partial charge in [0.05, 0.1) is 20.3 Å². The predicted molar refractivity (Wildman–Crippen MR) is 58.5 cm³/mol. The summed E-state index contributed by atoms with van der Waals surface area (Å²) in [6.07, 6.45) is 0. The van der Waals surface area contributed by atoms with Crippen LogP contribution in [0.15, 0.2) is 0 Å². The minimum absolute atomic E-state index is 0. The van der Waals surface area contributed by atoms with Gasteiger partial charge in [0, 0.05) is 0 Å². The van der Waals surface area contributed by atoms with E-state index >= 15 is 0 Å². The van der Waals surface area contributed by atoms with Crippen LogP contribution >= 0.6 is 0 Å². The molecule has 0 saturated heterocycles. The van der Waals surface area contributed by atoms with Crippen molar-refractivity contribution in [1.29, 1.82) is 0 Å². The van der Waals surface area contributed by atoms with Crippen LogP contribution in [0.5, 0.6) is 0 Å². The van der Waals surface area contributed by atoms with Gasteiger partial charge >= 0.3 is 87.0 Å². The van der Waals surface area contributed by atoms with Crippen LogP contribution in [0.25, 0.3) is 0 Å². The Labute approximate surface area is 167 Å². The maximum atomic E-state index is 8.25. The van der Waals surface area contributed by atoms with Gasteiger partial charge in [-0.3, -0.25) is 0 Å². The summed E-state index contributed by atoms with van der Waals surface area (Å²) in [7, 11) is 0. The smallest absolute Gasteiger partial charge is 0.316 e. The van der Waals surface area contributed by atoms with Crippen molar-refractivity contribution >= 4 is 60.8 Å². The van der Waals surface area contributed by atoms with E-state index in [9.17, 15) is 0 Å². The van der Waals surface area contributed by atoms with Gasteiger partial charge in [-0.1, -0.05) is 0 Å². The van der Waals surface area contributed by atoms with E-state index in [2.05, 4.69) is 0 Å². The molecule has 16 nitrogen and oxygen atoms in total. The number of hydrogen-bond acceptors (Lipinski definition) is 12. The fourth-order valence-corrected chi connectivity index (χ4v) is 0. The van der Waals surface area contributed by atoms with Crippen LogP contribution in [0.1, 0.15) is 0 Å². The average molecular weight is 408 g/mol. The summed E-state index contributed by atoms with van der Waals surface area (Å²) in [6.45, 7) is 0. The van der Waals surface area contributed by atoms with Gasteiger partial charge in [-0.2, -0.15) is 0 Å². The van der Waals surface area contributed by atoms with E-state index < -0.39 is 20.3 Å². The molecule has 0 bridgehead atoms. The Morgan fingerprint density at radius 2 is 0.474 bits per heavy atom.